The molecule has 0 spiro atoms. The third-order valence-corrected chi connectivity index (χ3v) is 5.54. The Morgan fingerprint density at radius 2 is 1.92 bits per heavy atom. The highest BCUT2D eigenvalue weighted by molar-refractivity contribution is 7.21. The summed E-state index contributed by atoms with van der Waals surface area (Å²) in [5.74, 6) is -0.523. The summed E-state index contributed by atoms with van der Waals surface area (Å²) in [6.45, 7) is 0.322. The number of anilines is 1. The number of carbonyl (C=O) groups is 2. The molecule has 4 nitrogen and oxygen atoms in total. The lowest BCUT2D eigenvalue weighted by molar-refractivity contribution is -0.120. The van der Waals surface area contributed by atoms with Gasteiger partial charge in [-0.05, 0) is 35.9 Å². The Kier molecular flexibility index (Phi) is 3.82. The Labute approximate surface area is 147 Å². The quantitative estimate of drug-likeness (QED) is 0.664. The largest absolute Gasteiger partial charge is 0.311 e. The lowest BCUT2D eigenvalue weighted by atomic mass is 10.1. The van der Waals surface area contributed by atoms with Crippen molar-refractivity contribution in [2.24, 2.45) is 5.92 Å². The molecule has 0 aliphatic carbocycles. The number of amides is 1. The van der Waals surface area contributed by atoms with Crippen LogP contribution in [0.4, 0.5) is 5.69 Å². The minimum absolute atomic E-state index is 0.0810. The maximum absolute atomic E-state index is 12.3. The van der Waals surface area contributed by atoms with Crippen LogP contribution in [0, 0.1) is 5.92 Å². The Balaban J connectivity index is 1.78. The van der Waals surface area contributed by atoms with E-state index in [0.717, 1.165) is 26.5 Å². The number of rotatable bonds is 3. The van der Waals surface area contributed by atoms with Crippen molar-refractivity contribution >= 4 is 50.0 Å². The van der Waals surface area contributed by atoms with Gasteiger partial charge in [0.1, 0.15) is 5.01 Å². The van der Waals surface area contributed by atoms with Crippen LogP contribution < -0.4 is 4.90 Å². The molecule has 1 fully saturated rings. The van der Waals surface area contributed by atoms with Gasteiger partial charge in [-0.1, -0.05) is 24.3 Å². The second-order valence-electron chi connectivity index (χ2n) is 5.71. The van der Waals surface area contributed by atoms with Crippen molar-refractivity contribution in [1.29, 1.82) is 0 Å². The van der Waals surface area contributed by atoms with E-state index < -0.39 is 11.2 Å². The zero-order valence-corrected chi connectivity index (χ0v) is 14.2. The molecule has 3 aromatic rings. The van der Waals surface area contributed by atoms with E-state index in [1.165, 1.54) is 0 Å². The molecular weight excluding hydrogens is 344 g/mol. The van der Waals surface area contributed by atoms with Gasteiger partial charge >= 0.3 is 0 Å². The van der Waals surface area contributed by atoms with Crippen LogP contribution in [0.25, 0.3) is 20.8 Å². The lowest BCUT2D eigenvalue weighted by Crippen LogP contribution is -2.25. The predicted octanol–water partition coefficient (Wildman–Crippen LogP) is 4.08. The average Bonchev–Trinajstić information content (AvgIpc) is 3.18. The molecule has 1 aliphatic heterocycles. The van der Waals surface area contributed by atoms with Crippen LogP contribution in [0.5, 0.6) is 0 Å². The first-order valence-electron chi connectivity index (χ1n) is 7.58. The van der Waals surface area contributed by atoms with Gasteiger partial charge in [-0.25, -0.2) is 4.98 Å². The first-order chi connectivity index (χ1) is 11.6. The highest BCUT2D eigenvalue weighted by Gasteiger charge is 2.35. The summed E-state index contributed by atoms with van der Waals surface area (Å²) in [5, 5.41) is 0.406. The molecule has 24 heavy (non-hydrogen) atoms. The molecular formula is C18H13ClN2O2S. The van der Waals surface area contributed by atoms with Crippen molar-refractivity contribution in [3.8, 4) is 10.6 Å². The number of halogens is 1. The minimum Gasteiger partial charge on any atom is -0.311 e. The minimum atomic E-state index is -0.455. The second kappa shape index (κ2) is 6.00. The molecule has 120 valence electrons. The topological polar surface area (TPSA) is 50.3 Å². The average molecular weight is 357 g/mol. The standard InChI is InChI=1S/C18H13ClN2O2S/c19-17(23)11-9-16(22)21(10-11)14-7-3-1-5-12(14)18-20-13-6-2-4-8-15(13)24-18/h1-8,11H,9-10H2/t11-/m0/s1. The van der Waals surface area contributed by atoms with E-state index in [0.29, 0.717) is 6.54 Å². The maximum atomic E-state index is 12.3. The molecule has 1 aromatic heterocycles. The zero-order valence-electron chi connectivity index (χ0n) is 12.6. The fourth-order valence-corrected chi connectivity index (χ4v) is 4.12. The summed E-state index contributed by atoms with van der Waals surface area (Å²) >= 11 is 7.17. The number of thiazole rings is 1. The SMILES string of the molecule is O=C(Cl)[C@H]1CC(=O)N(c2ccccc2-c2nc3ccccc3s2)C1. The van der Waals surface area contributed by atoms with Gasteiger partial charge in [-0.2, -0.15) is 0 Å². The molecule has 6 heteroatoms. The number of benzene rings is 2. The van der Waals surface area contributed by atoms with Crippen LogP contribution in [-0.2, 0) is 9.59 Å². The third kappa shape index (κ3) is 2.60. The third-order valence-electron chi connectivity index (χ3n) is 4.17. The van der Waals surface area contributed by atoms with Crippen LogP contribution in [0.1, 0.15) is 6.42 Å². The Morgan fingerprint density at radius 3 is 2.67 bits per heavy atom. The number of hydrogen-bond acceptors (Lipinski definition) is 4. The van der Waals surface area contributed by atoms with E-state index in [9.17, 15) is 9.59 Å². The molecule has 2 aromatic carbocycles. The fourth-order valence-electron chi connectivity index (χ4n) is 2.97. The van der Waals surface area contributed by atoms with Crippen LogP contribution in [-0.4, -0.2) is 22.7 Å². The molecule has 1 amide bonds. The van der Waals surface area contributed by atoms with Crippen molar-refractivity contribution in [2.75, 3.05) is 11.4 Å². The van der Waals surface area contributed by atoms with E-state index in [4.69, 9.17) is 11.6 Å². The monoisotopic (exact) mass is 356 g/mol. The van der Waals surface area contributed by atoms with Crippen LogP contribution in [0.2, 0.25) is 0 Å². The highest BCUT2D eigenvalue weighted by Crippen LogP contribution is 2.38. The molecule has 0 N–H and O–H groups in total. The van der Waals surface area contributed by atoms with Gasteiger partial charge in [0, 0.05) is 18.5 Å². The van der Waals surface area contributed by atoms with E-state index in [1.807, 2.05) is 48.5 Å². The molecule has 1 saturated heterocycles. The van der Waals surface area contributed by atoms with E-state index in [2.05, 4.69) is 4.98 Å². The molecule has 0 unspecified atom stereocenters. The Bertz CT molecular complexity index is 920. The van der Waals surface area contributed by atoms with Gasteiger partial charge in [0.2, 0.25) is 11.1 Å². The predicted molar refractivity (Wildman–Crippen MR) is 96.4 cm³/mol. The van der Waals surface area contributed by atoms with Crippen LogP contribution >= 0.6 is 22.9 Å². The number of para-hydroxylation sites is 2. The van der Waals surface area contributed by atoms with E-state index >= 15 is 0 Å². The van der Waals surface area contributed by atoms with Crippen molar-refractivity contribution in [3.63, 3.8) is 0 Å². The first-order valence-corrected chi connectivity index (χ1v) is 8.77. The summed E-state index contributed by atoms with van der Waals surface area (Å²) in [5.41, 5.74) is 2.62. The molecule has 1 aliphatic rings. The van der Waals surface area contributed by atoms with Gasteiger partial charge in [0.15, 0.2) is 0 Å². The van der Waals surface area contributed by atoms with Gasteiger partial charge in [0.05, 0.1) is 21.8 Å². The number of fused-ring (bicyclic) bond motifs is 1. The van der Waals surface area contributed by atoms with E-state index in [1.54, 1.807) is 16.2 Å². The zero-order chi connectivity index (χ0) is 16.7. The Morgan fingerprint density at radius 1 is 1.17 bits per heavy atom. The highest BCUT2D eigenvalue weighted by atomic mass is 35.5. The molecule has 4 rings (SSSR count). The Hall–Kier alpha value is -2.24. The number of aromatic nitrogens is 1. The van der Waals surface area contributed by atoms with Crippen LogP contribution in [0.15, 0.2) is 48.5 Å². The first kappa shape index (κ1) is 15.3. The summed E-state index contributed by atoms with van der Waals surface area (Å²) < 4.78 is 1.10. The number of hydrogen-bond donors (Lipinski definition) is 0. The van der Waals surface area contributed by atoms with E-state index in [-0.39, 0.29) is 12.3 Å². The summed E-state index contributed by atoms with van der Waals surface area (Å²) in [4.78, 5) is 30.1. The van der Waals surface area contributed by atoms with Crippen molar-refractivity contribution in [1.82, 2.24) is 4.98 Å². The van der Waals surface area contributed by atoms with Gasteiger partial charge in [-0.15, -0.1) is 11.3 Å². The summed E-state index contributed by atoms with van der Waals surface area (Å²) in [6.07, 6.45) is 0.163. The summed E-state index contributed by atoms with van der Waals surface area (Å²) in [6, 6.07) is 15.6. The lowest BCUT2D eigenvalue weighted by Gasteiger charge is -2.19. The maximum Gasteiger partial charge on any atom is 0.227 e. The smallest absolute Gasteiger partial charge is 0.227 e. The molecule has 2 heterocycles. The van der Waals surface area contributed by atoms with Gasteiger partial charge in [-0.3, -0.25) is 9.59 Å². The van der Waals surface area contributed by atoms with Crippen molar-refractivity contribution < 1.29 is 9.59 Å². The molecule has 0 saturated carbocycles. The van der Waals surface area contributed by atoms with Crippen LogP contribution in [0.3, 0.4) is 0 Å². The van der Waals surface area contributed by atoms with Crippen molar-refractivity contribution in [2.45, 2.75) is 6.42 Å². The fraction of sp³-hybridized carbons (Fsp3) is 0.167. The normalized spacial score (nSPS) is 17.6. The second-order valence-corrected chi connectivity index (χ2v) is 7.12. The van der Waals surface area contributed by atoms with Gasteiger partial charge in [0.25, 0.3) is 0 Å². The van der Waals surface area contributed by atoms with Crippen molar-refractivity contribution in [3.05, 3.63) is 48.5 Å². The molecule has 0 bridgehead atoms. The number of carbonyl (C=O) groups excluding carboxylic acids is 2. The molecule has 0 radical (unpaired) electrons. The summed E-state index contributed by atoms with van der Waals surface area (Å²) in [7, 11) is 0. The van der Waals surface area contributed by atoms with Gasteiger partial charge < -0.3 is 4.90 Å². The number of nitrogens with zero attached hydrogens (tertiary/aromatic N) is 2. The molecule has 1 atom stereocenters.